The lowest BCUT2D eigenvalue weighted by molar-refractivity contribution is 0.102. The summed E-state index contributed by atoms with van der Waals surface area (Å²) in [6, 6.07) is 20.7. The molecule has 1 aromatic heterocycles. The first-order valence-electron chi connectivity index (χ1n) is 9.98. The number of fused-ring (bicyclic) bond motifs is 1. The number of carbonyl (C=O) groups excluding carboxylic acids is 1. The minimum Gasteiger partial charge on any atom is -0.457 e. The van der Waals surface area contributed by atoms with E-state index >= 15 is 0 Å². The molecule has 1 amide bonds. The van der Waals surface area contributed by atoms with Gasteiger partial charge in [-0.15, -0.1) is 0 Å². The summed E-state index contributed by atoms with van der Waals surface area (Å²) in [7, 11) is -2.26. The third-order valence-electron chi connectivity index (χ3n) is 4.56. The van der Waals surface area contributed by atoms with Crippen LogP contribution in [0.2, 0.25) is 0 Å². The quantitative estimate of drug-likeness (QED) is 0.345. The highest BCUT2D eigenvalue weighted by Gasteiger charge is 2.17. The van der Waals surface area contributed by atoms with Gasteiger partial charge in [-0.25, -0.2) is 18.1 Å². The predicted molar refractivity (Wildman–Crippen MR) is 128 cm³/mol. The maximum absolute atomic E-state index is 12.7. The van der Waals surface area contributed by atoms with Gasteiger partial charge < -0.3 is 9.47 Å². The predicted octanol–water partition coefficient (Wildman–Crippen LogP) is 4.27. The SMILES string of the molecule is COCCNS(=O)(=O)c1cccc(C(=O)Nc2nc3ccc(Oc4ccccc4)cc3s2)c1. The third-order valence-corrected chi connectivity index (χ3v) is 6.96. The molecular formula is C23H21N3O5S2. The lowest BCUT2D eigenvalue weighted by Crippen LogP contribution is -2.27. The summed E-state index contributed by atoms with van der Waals surface area (Å²) in [5.74, 6) is 0.930. The number of hydrogen-bond acceptors (Lipinski definition) is 7. The van der Waals surface area contributed by atoms with Crippen molar-refractivity contribution in [3.05, 3.63) is 78.4 Å². The van der Waals surface area contributed by atoms with E-state index in [1.807, 2.05) is 48.5 Å². The zero-order valence-corrected chi connectivity index (χ0v) is 19.3. The van der Waals surface area contributed by atoms with Crippen molar-refractivity contribution >= 4 is 42.6 Å². The van der Waals surface area contributed by atoms with Crippen LogP contribution in [0, 0.1) is 0 Å². The van der Waals surface area contributed by atoms with E-state index in [0.717, 1.165) is 16.0 Å². The minimum absolute atomic E-state index is 0.00162. The molecule has 0 unspecified atom stereocenters. The molecule has 0 radical (unpaired) electrons. The molecule has 0 aliphatic carbocycles. The lowest BCUT2D eigenvalue weighted by atomic mass is 10.2. The Morgan fingerprint density at radius 3 is 2.61 bits per heavy atom. The molecule has 0 saturated heterocycles. The number of amides is 1. The van der Waals surface area contributed by atoms with E-state index in [0.29, 0.717) is 10.9 Å². The number of sulfonamides is 1. The van der Waals surface area contributed by atoms with Gasteiger partial charge in [-0.3, -0.25) is 10.1 Å². The second-order valence-electron chi connectivity index (χ2n) is 6.94. The molecule has 33 heavy (non-hydrogen) atoms. The average molecular weight is 484 g/mol. The van der Waals surface area contributed by atoms with E-state index in [2.05, 4.69) is 15.0 Å². The molecule has 170 valence electrons. The van der Waals surface area contributed by atoms with Crippen LogP contribution in [-0.4, -0.2) is 39.6 Å². The lowest BCUT2D eigenvalue weighted by Gasteiger charge is -2.08. The van der Waals surface area contributed by atoms with Gasteiger partial charge in [-0.05, 0) is 42.5 Å². The number of para-hydroxylation sites is 1. The molecule has 0 atom stereocenters. The highest BCUT2D eigenvalue weighted by molar-refractivity contribution is 7.89. The van der Waals surface area contributed by atoms with E-state index in [-0.39, 0.29) is 23.6 Å². The molecule has 0 saturated carbocycles. The zero-order chi connectivity index (χ0) is 23.3. The number of methoxy groups -OCH3 is 1. The molecule has 2 N–H and O–H groups in total. The van der Waals surface area contributed by atoms with Crippen molar-refractivity contribution in [2.75, 3.05) is 25.6 Å². The van der Waals surface area contributed by atoms with E-state index < -0.39 is 15.9 Å². The fourth-order valence-corrected chi connectivity index (χ4v) is 4.93. The van der Waals surface area contributed by atoms with Crippen LogP contribution in [0.15, 0.2) is 77.7 Å². The Morgan fingerprint density at radius 1 is 1.00 bits per heavy atom. The van der Waals surface area contributed by atoms with Crippen LogP contribution in [0.1, 0.15) is 10.4 Å². The molecule has 1 heterocycles. The molecular weight excluding hydrogens is 462 g/mol. The number of anilines is 1. The Morgan fingerprint density at radius 2 is 1.82 bits per heavy atom. The van der Waals surface area contributed by atoms with Crippen molar-refractivity contribution < 1.29 is 22.7 Å². The van der Waals surface area contributed by atoms with Crippen LogP contribution in [-0.2, 0) is 14.8 Å². The van der Waals surface area contributed by atoms with Crippen LogP contribution < -0.4 is 14.8 Å². The van der Waals surface area contributed by atoms with E-state index in [9.17, 15) is 13.2 Å². The van der Waals surface area contributed by atoms with Crippen molar-refractivity contribution in [2.24, 2.45) is 0 Å². The number of carbonyl (C=O) groups is 1. The number of hydrogen-bond donors (Lipinski definition) is 2. The van der Waals surface area contributed by atoms with Gasteiger partial charge in [-0.2, -0.15) is 0 Å². The number of benzene rings is 3. The van der Waals surface area contributed by atoms with E-state index in [4.69, 9.17) is 9.47 Å². The number of nitrogens with zero attached hydrogens (tertiary/aromatic N) is 1. The highest BCUT2D eigenvalue weighted by atomic mass is 32.2. The maximum atomic E-state index is 12.7. The van der Waals surface area contributed by atoms with Gasteiger partial charge in [0.25, 0.3) is 5.91 Å². The number of thiazole rings is 1. The summed E-state index contributed by atoms with van der Waals surface area (Å²) < 4.78 is 38.8. The molecule has 0 aliphatic rings. The van der Waals surface area contributed by atoms with Crippen LogP contribution in [0.3, 0.4) is 0 Å². The summed E-state index contributed by atoms with van der Waals surface area (Å²) in [5.41, 5.74) is 0.923. The Kier molecular flexibility index (Phi) is 6.99. The molecule has 0 bridgehead atoms. The number of nitrogens with one attached hydrogen (secondary N) is 2. The van der Waals surface area contributed by atoms with Gasteiger partial charge >= 0.3 is 0 Å². The van der Waals surface area contributed by atoms with E-state index in [1.165, 1.54) is 36.6 Å². The van der Waals surface area contributed by atoms with Gasteiger partial charge in [0.1, 0.15) is 11.5 Å². The van der Waals surface area contributed by atoms with Crippen LogP contribution >= 0.6 is 11.3 Å². The molecule has 0 fully saturated rings. The molecule has 10 heteroatoms. The fraction of sp³-hybridized carbons (Fsp3) is 0.130. The van der Waals surface area contributed by atoms with Crippen LogP contribution in [0.4, 0.5) is 5.13 Å². The molecule has 0 aliphatic heterocycles. The van der Waals surface area contributed by atoms with Crippen molar-refractivity contribution in [3.8, 4) is 11.5 Å². The summed E-state index contributed by atoms with van der Waals surface area (Å²) in [4.78, 5) is 17.2. The van der Waals surface area contributed by atoms with Crippen LogP contribution in [0.25, 0.3) is 10.2 Å². The number of ether oxygens (including phenoxy) is 2. The minimum atomic E-state index is -3.75. The van der Waals surface area contributed by atoms with Crippen molar-refractivity contribution in [1.82, 2.24) is 9.71 Å². The Balaban J connectivity index is 1.48. The first-order chi connectivity index (χ1) is 15.9. The Bertz CT molecular complexity index is 1370. The summed E-state index contributed by atoms with van der Waals surface area (Å²) in [6.07, 6.45) is 0. The largest absolute Gasteiger partial charge is 0.457 e. The summed E-state index contributed by atoms with van der Waals surface area (Å²) >= 11 is 1.30. The molecule has 8 nitrogen and oxygen atoms in total. The van der Waals surface area contributed by atoms with Crippen molar-refractivity contribution in [3.63, 3.8) is 0 Å². The van der Waals surface area contributed by atoms with Gasteiger partial charge in [0.15, 0.2) is 5.13 Å². The smallest absolute Gasteiger partial charge is 0.257 e. The Hall–Kier alpha value is -3.31. The molecule has 3 aromatic carbocycles. The number of rotatable bonds is 9. The first-order valence-corrected chi connectivity index (χ1v) is 12.3. The fourth-order valence-electron chi connectivity index (χ4n) is 2.98. The normalized spacial score (nSPS) is 11.4. The van der Waals surface area contributed by atoms with Gasteiger partial charge in [0, 0.05) is 25.3 Å². The van der Waals surface area contributed by atoms with Gasteiger partial charge in [0.2, 0.25) is 10.0 Å². The average Bonchev–Trinajstić information content (AvgIpc) is 3.21. The molecule has 4 aromatic rings. The second kappa shape index (κ2) is 10.1. The second-order valence-corrected chi connectivity index (χ2v) is 9.73. The van der Waals surface area contributed by atoms with Gasteiger partial charge in [0.05, 0.1) is 21.7 Å². The monoisotopic (exact) mass is 483 g/mol. The standard InChI is InChI=1S/C23H21N3O5S2/c1-30-13-12-24-33(28,29)19-9-5-6-16(14-19)22(27)26-23-25-20-11-10-18(15-21(20)32-23)31-17-7-3-2-4-8-17/h2-11,14-15,24H,12-13H2,1H3,(H,25,26,27). The molecule has 4 rings (SSSR count). The topological polar surface area (TPSA) is 107 Å². The Labute approximate surface area is 195 Å². The summed E-state index contributed by atoms with van der Waals surface area (Å²) in [5, 5.41) is 3.14. The highest BCUT2D eigenvalue weighted by Crippen LogP contribution is 2.31. The number of aromatic nitrogens is 1. The van der Waals surface area contributed by atoms with E-state index in [1.54, 1.807) is 6.07 Å². The maximum Gasteiger partial charge on any atom is 0.257 e. The van der Waals surface area contributed by atoms with Crippen molar-refractivity contribution in [2.45, 2.75) is 4.90 Å². The van der Waals surface area contributed by atoms with Gasteiger partial charge in [-0.1, -0.05) is 35.6 Å². The third kappa shape index (κ3) is 5.74. The first kappa shape index (κ1) is 22.9. The zero-order valence-electron chi connectivity index (χ0n) is 17.6. The van der Waals surface area contributed by atoms with Crippen molar-refractivity contribution in [1.29, 1.82) is 0 Å². The molecule has 0 spiro atoms. The van der Waals surface area contributed by atoms with Crippen LogP contribution in [0.5, 0.6) is 11.5 Å². The summed E-state index contributed by atoms with van der Waals surface area (Å²) in [6.45, 7) is 0.381.